The first kappa shape index (κ1) is 13.0. The molecule has 0 bridgehead atoms. The lowest BCUT2D eigenvalue weighted by atomic mass is 9.91. The summed E-state index contributed by atoms with van der Waals surface area (Å²) in [4.78, 5) is 10.8. The van der Waals surface area contributed by atoms with Crippen molar-refractivity contribution in [2.24, 2.45) is 0 Å². The largest absolute Gasteiger partial charge is 0.481 e. The van der Waals surface area contributed by atoms with Crippen molar-refractivity contribution in [1.82, 2.24) is 0 Å². The number of hydrogen-bond donors (Lipinski definition) is 1. The van der Waals surface area contributed by atoms with Crippen LogP contribution in [0.15, 0.2) is 24.3 Å². The summed E-state index contributed by atoms with van der Waals surface area (Å²) >= 11 is 5.81. The Morgan fingerprint density at radius 2 is 2.00 bits per heavy atom. The van der Waals surface area contributed by atoms with Gasteiger partial charge in [-0.15, -0.1) is 0 Å². The minimum atomic E-state index is -0.740. The summed E-state index contributed by atoms with van der Waals surface area (Å²) in [6.07, 6.45) is 3.26. The predicted octanol–water partition coefficient (Wildman–Crippen LogP) is 4.09. The van der Waals surface area contributed by atoms with Crippen LogP contribution in [0.25, 0.3) is 0 Å². The lowest BCUT2D eigenvalue weighted by molar-refractivity contribution is -0.137. The number of unbranched alkanes of at least 4 members (excludes halogenated alkanes) is 1. The molecule has 1 unspecified atom stereocenters. The Kier molecular flexibility index (Phi) is 5.33. The maximum absolute atomic E-state index is 10.8. The molecular formula is C13H17ClO2. The van der Waals surface area contributed by atoms with E-state index in [0.29, 0.717) is 5.02 Å². The minimum absolute atomic E-state index is 0.106. The van der Waals surface area contributed by atoms with Crippen molar-refractivity contribution in [3.63, 3.8) is 0 Å². The van der Waals surface area contributed by atoms with Crippen LogP contribution in [-0.2, 0) is 4.79 Å². The Hall–Kier alpha value is -1.02. The third-order valence-corrected chi connectivity index (χ3v) is 2.92. The van der Waals surface area contributed by atoms with Crippen molar-refractivity contribution in [2.45, 2.75) is 38.5 Å². The standard InChI is InChI=1S/C13H17ClO2/c1-2-3-4-11(9-13(15)16)10-5-7-12(14)8-6-10/h5-8,11H,2-4,9H2,1H3,(H,15,16). The molecule has 1 aromatic rings. The molecule has 1 atom stereocenters. The molecule has 0 saturated heterocycles. The van der Waals surface area contributed by atoms with Gasteiger partial charge in [-0.25, -0.2) is 0 Å². The van der Waals surface area contributed by atoms with Crippen LogP contribution in [0.5, 0.6) is 0 Å². The number of hydrogen-bond acceptors (Lipinski definition) is 1. The normalized spacial score (nSPS) is 12.4. The first-order valence-electron chi connectivity index (χ1n) is 5.60. The monoisotopic (exact) mass is 240 g/mol. The van der Waals surface area contributed by atoms with Gasteiger partial charge in [-0.1, -0.05) is 43.5 Å². The van der Waals surface area contributed by atoms with Crippen LogP contribution >= 0.6 is 11.6 Å². The van der Waals surface area contributed by atoms with Crippen LogP contribution in [0.3, 0.4) is 0 Å². The van der Waals surface area contributed by atoms with E-state index in [9.17, 15) is 4.79 Å². The van der Waals surface area contributed by atoms with Gasteiger partial charge in [0.05, 0.1) is 6.42 Å². The number of halogens is 1. The van der Waals surface area contributed by atoms with E-state index in [-0.39, 0.29) is 12.3 Å². The fourth-order valence-corrected chi connectivity index (χ4v) is 1.91. The zero-order chi connectivity index (χ0) is 12.0. The van der Waals surface area contributed by atoms with Crippen molar-refractivity contribution >= 4 is 17.6 Å². The summed E-state index contributed by atoms with van der Waals surface area (Å²) < 4.78 is 0. The number of aliphatic carboxylic acids is 1. The van der Waals surface area contributed by atoms with Crippen LogP contribution in [0, 0.1) is 0 Å². The lowest BCUT2D eigenvalue weighted by Gasteiger charge is -2.14. The average molecular weight is 241 g/mol. The van der Waals surface area contributed by atoms with Gasteiger partial charge in [-0.2, -0.15) is 0 Å². The number of carbonyl (C=O) groups is 1. The van der Waals surface area contributed by atoms with Crippen molar-refractivity contribution in [3.05, 3.63) is 34.9 Å². The fourth-order valence-electron chi connectivity index (χ4n) is 1.78. The molecule has 1 N–H and O–H groups in total. The highest BCUT2D eigenvalue weighted by molar-refractivity contribution is 6.30. The second-order valence-corrected chi connectivity index (χ2v) is 4.43. The molecule has 0 fully saturated rings. The van der Waals surface area contributed by atoms with Gasteiger partial charge >= 0.3 is 5.97 Å². The molecule has 1 aromatic carbocycles. The van der Waals surface area contributed by atoms with Gasteiger partial charge in [-0.05, 0) is 30.0 Å². The van der Waals surface area contributed by atoms with E-state index in [1.165, 1.54) is 0 Å². The average Bonchev–Trinajstić information content (AvgIpc) is 2.25. The molecule has 3 heteroatoms. The van der Waals surface area contributed by atoms with Crippen molar-refractivity contribution < 1.29 is 9.90 Å². The zero-order valence-electron chi connectivity index (χ0n) is 9.45. The molecule has 0 saturated carbocycles. The van der Waals surface area contributed by atoms with Crippen molar-refractivity contribution in [1.29, 1.82) is 0 Å². The van der Waals surface area contributed by atoms with Crippen LogP contribution < -0.4 is 0 Å². The molecule has 0 aliphatic rings. The lowest BCUT2D eigenvalue weighted by Crippen LogP contribution is -2.06. The molecule has 88 valence electrons. The Morgan fingerprint density at radius 3 is 2.50 bits per heavy atom. The molecule has 0 spiro atoms. The van der Waals surface area contributed by atoms with Crippen LogP contribution in [0.1, 0.15) is 44.1 Å². The molecular weight excluding hydrogens is 224 g/mol. The third-order valence-electron chi connectivity index (χ3n) is 2.67. The van der Waals surface area contributed by atoms with Gasteiger partial charge in [0.25, 0.3) is 0 Å². The second kappa shape index (κ2) is 6.54. The molecule has 0 aliphatic carbocycles. The van der Waals surface area contributed by atoms with Gasteiger partial charge in [0, 0.05) is 5.02 Å². The minimum Gasteiger partial charge on any atom is -0.481 e. The molecule has 0 radical (unpaired) electrons. The van der Waals surface area contributed by atoms with E-state index < -0.39 is 5.97 Å². The van der Waals surface area contributed by atoms with Gasteiger partial charge in [0.15, 0.2) is 0 Å². The highest BCUT2D eigenvalue weighted by Crippen LogP contribution is 2.26. The molecule has 16 heavy (non-hydrogen) atoms. The van der Waals surface area contributed by atoms with E-state index >= 15 is 0 Å². The third kappa shape index (κ3) is 4.23. The molecule has 0 aromatic heterocycles. The number of carboxylic acid groups (broad SMARTS) is 1. The summed E-state index contributed by atoms with van der Waals surface area (Å²) in [5.74, 6) is -0.634. The zero-order valence-corrected chi connectivity index (χ0v) is 10.2. The van der Waals surface area contributed by atoms with Gasteiger partial charge in [0.1, 0.15) is 0 Å². The smallest absolute Gasteiger partial charge is 0.303 e. The number of rotatable bonds is 6. The van der Waals surface area contributed by atoms with E-state index in [2.05, 4.69) is 6.92 Å². The van der Waals surface area contributed by atoms with Crippen molar-refractivity contribution in [3.8, 4) is 0 Å². The highest BCUT2D eigenvalue weighted by atomic mass is 35.5. The second-order valence-electron chi connectivity index (χ2n) is 3.99. The number of carboxylic acids is 1. The van der Waals surface area contributed by atoms with Crippen LogP contribution in [-0.4, -0.2) is 11.1 Å². The Balaban J connectivity index is 2.74. The summed E-state index contributed by atoms with van der Waals surface area (Å²) in [7, 11) is 0. The Morgan fingerprint density at radius 1 is 1.38 bits per heavy atom. The Bertz CT molecular complexity index is 332. The van der Waals surface area contributed by atoms with Crippen LogP contribution in [0.4, 0.5) is 0 Å². The molecule has 1 rings (SSSR count). The van der Waals surface area contributed by atoms with Gasteiger partial charge in [0.2, 0.25) is 0 Å². The first-order chi connectivity index (χ1) is 7.63. The summed E-state index contributed by atoms with van der Waals surface area (Å²) in [5.41, 5.74) is 1.07. The quantitative estimate of drug-likeness (QED) is 0.813. The van der Waals surface area contributed by atoms with Crippen LogP contribution in [0.2, 0.25) is 5.02 Å². The van der Waals surface area contributed by atoms with E-state index in [0.717, 1.165) is 24.8 Å². The predicted molar refractivity (Wildman–Crippen MR) is 66.0 cm³/mol. The van der Waals surface area contributed by atoms with E-state index in [4.69, 9.17) is 16.7 Å². The summed E-state index contributed by atoms with van der Waals surface area (Å²) in [6.45, 7) is 2.11. The summed E-state index contributed by atoms with van der Waals surface area (Å²) in [6, 6.07) is 7.48. The highest BCUT2D eigenvalue weighted by Gasteiger charge is 2.14. The molecule has 0 heterocycles. The maximum Gasteiger partial charge on any atom is 0.303 e. The van der Waals surface area contributed by atoms with Gasteiger partial charge < -0.3 is 5.11 Å². The van der Waals surface area contributed by atoms with Gasteiger partial charge in [-0.3, -0.25) is 4.79 Å². The fraction of sp³-hybridized carbons (Fsp3) is 0.462. The van der Waals surface area contributed by atoms with Crippen molar-refractivity contribution in [2.75, 3.05) is 0 Å². The number of benzene rings is 1. The molecule has 2 nitrogen and oxygen atoms in total. The SMILES string of the molecule is CCCCC(CC(=O)O)c1ccc(Cl)cc1. The van der Waals surface area contributed by atoms with E-state index in [1.807, 2.05) is 24.3 Å². The topological polar surface area (TPSA) is 37.3 Å². The first-order valence-corrected chi connectivity index (χ1v) is 5.98. The maximum atomic E-state index is 10.8. The molecule has 0 aliphatic heterocycles. The van der Waals surface area contributed by atoms with E-state index in [1.54, 1.807) is 0 Å². The summed E-state index contributed by atoms with van der Waals surface area (Å²) in [5, 5.41) is 9.56. The molecule has 0 amide bonds. The Labute approximate surface area is 101 Å².